The van der Waals surface area contributed by atoms with Crippen molar-refractivity contribution in [1.82, 2.24) is 9.62 Å². The number of hydrogen-bond donors (Lipinski definition) is 1. The van der Waals surface area contributed by atoms with Gasteiger partial charge in [0.25, 0.3) is 5.91 Å². The van der Waals surface area contributed by atoms with Crippen molar-refractivity contribution >= 4 is 31.6 Å². The Bertz CT molecular complexity index is 1180. The van der Waals surface area contributed by atoms with Gasteiger partial charge in [-0.25, -0.2) is 21.1 Å². The van der Waals surface area contributed by atoms with E-state index in [1.807, 2.05) is 0 Å². The molecule has 1 N–H and O–H groups in total. The number of nitrogens with one attached hydrogen (secondary N) is 1. The number of carbonyl (C=O) groups is 1. The lowest BCUT2D eigenvalue weighted by Crippen LogP contribution is -2.51. The van der Waals surface area contributed by atoms with Crippen LogP contribution in [0.3, 0.4) is 0 Å². The molecule has 0 radical (unpaired) electrons. The van der Waals surface area contributed by atoms with E-state index < -0.39 is 32.1 Å². The minimum atomic E-state index is -3.58. The summed E-state index contributed by atoms with van der Waals surface area (Å²) >= 11 is 0. The molecule has 12 heteroatoms. The normalized spacial score (nSPS) is 16.2. The Labute approximate surface area is 187 Å². The summed E-state index contributed by atoms with van der Waals surface area (Å²) in [6, 6.07) is 12.6. The van der Waals surface area contributed by atoms with Gasteiger partial charge in [0.05, 0.1) is 29.9 Å². The zero-order chi connectivity index (χ0) is 23.5. The summed E-state index contributed by atoms with van der Waals surface area (Å²) in [5, 5.41) is 2.66. The average Bonchev–Trinajstić information content (AvgIpc) is 2.75. The highest BCUT2D eigenvalue weighted by Crippen LogP contribution is 2.34. The van der Waals surface area contributed by atoms with Crippen molar-refractivity contribution in [3.63, 3.8) is 0 Å². The van der Waals surface area contributed by atoms with Gasteiger partial charge in [-0.2, -0.15) is 0 Å². The first-order chi connectivity index (χ1) is 15.0. The van der Waals surface area contributed by atoms with Crippen LogP contribution in [0.2, 0.25) is 0 Å². The molecule has 10 nitrogen and oxygen atoms in total. The second-order valence-corrected chi connectivity index (χ2v) is 11.3. The standard InChI is InChI=1S/C20H25N3O7S2/c1-22(2)32(27,28)16-10-8-15(9-11-16)29-13-12-21-20(24)19-14-23(31(3,25)26)17-6-4-5-7-18(17)30-19/h4-11,19H,12-14H2,1-3H3,(H,21,24). The van der Waals surface area contributed by atoms with Gasteiger partial charge >= 0.3 is 0 Å². The topological polar surface area (TPSA) is 122 Å². The van der Waals surface area contributed by atoms with Gasteiger partial charge in [-0.15, -0.1) is 0 Å². The average molecular weight is 484 g/mol. The first-order valence-electron chi connectivity index (χ1n) is 9.66. The van der Waals surface area contributed by atoms with Gasteiger partial charge in [0.2, 0.25) is 20.0 Å². The lowest BCUT2D eigenvalue weighted by molar-refractivity contribution is -0.127. The number of anilines is 1. The van der Waals surface area contributed by atoms with E-state index in [2.05, 4.69) is 5.32 Å². The summed E-state index contributed by atoms with van der Waals surface area (Å²) in [5.41, 5.74) is 0.391. The Hall–Kier alpha value is -2.83. The van der Waals surface area contributed by atoms with Crippen molar-refractivity contribution in [2.75, 3.05) is 44.4 Å². The van der Waals surface area contributed by atoms with Crippen LogP contribution in [-0.4, -0.2) is 73.2 Å². The highest BCUT2D eigenvalue weighted by atomic mass is 32.2. The van der Waals surface area contributed by atoms with Crippen LogP contribution in [-0.2, 0) is 24.8 Å². The van der Waals surface area contributed by atoms with Crippen LogP contribution in [0.25, 0.3) is 0 Å². The maximum Gasteiger partial charge on any atom is 0.263 e. The maximum atomic E-state index is 12.5. The van der Waals surface area contributed by atoms with Crippen molar-refractivity contribution in [3.8, 4) is 11.5 Å². The highest BCUT2D eigenvalue weighted by molar-refractivity contribution is 7.92. The Morgan fingerprint density at radius 3 is 2.41 bits per heavy atom. The van der Waals surface area contributed by atoms with E-state index in [-0.39, 0.29) is 24.6 Å². The van der Waals surface area contributed by atoms with Gasteiger partial charge in [-0.05, 0) is 36.4 Å². The van der Waals surface area contributed by atoms with Gasteiger partial charge < -0.3 is 14.8 Å². The number of rotatable bonds is 8. The van der Waals surface area contributed by atoms with Crippen molar-refractivity contribution in [3.05, 3.63) is 48.5 Å². The van der Waals surface area contributed by atoms with Crippen LogP contribution in [0.4, 0.5) is 5.69 Å². The third kappa shape index (κ3) is 5.31. The molecule has 1 heterocycles. The molecule has 32 heavy (non-hydrogen) atoms. The molecule has 2 aromatic rings. The van der Waals surface area contributed by atoms with E-state index in [1.54, 1.807) is 24.3 Å². The number of ether oxygens (including phenoxy) is 2. The SMILES string of the molecule is CN(C)S(=O)(=O)c1ccc(OCCNC(=O)C2CN(S(C)(=O)=O)c3ccccc3O2)cc1. The van der Waals surface area contributed by atoms with E-state index in [4.69, 9.17) is 9.47 Å². The molecule has 0 aliphatic carbocycles. The minimum Gasteiger partial charge on any atom is -0.492 e. The number of para-hydroxylation sites is 2. The molecule has 0 spiro atoms. The number of amides is 1. The lowest BCUT2D eigenvalue weighted by Gasteiger charge is -2.33. The van der Waals surface area contributed by atoms with Gasteiger partial charge in [0, 0.05) is 14.1 Å². The van der Waals surface area contributed by atoms with E-state index in [1.165, 1.54) is 38.4 Å². The first kappa shape index (κ1) is 23.8. The van der Waals surface area contributed by atoms with Crippen molar-refractivity contribution in [1.29, 1.82) is 0 Å². The second kappa shape index (κ2) is 9.35. The molecular weight excluding hydrogens is 458 g/mol. The number of carbonyl (C=O) groups excluding carboxylic acids is 1. The smallest absolute Gasteiger partial charge is 0.263 e. The van der Waals surface area contributed by atoms with Gasteiger partial charge in [-0.1, -0.05) is 12.1 Å². The van der Waals surface area contributed by atoms with Crippen LogP contribution in [0.5, 0.6) is 11.5 Å². The Kier molecular flexibility index (Phi) is 6.96. The predicted molar refractivity (Wildman–Crippen MR) is 119 cm³/mol. The summed E-state index contributed by atoms with van der Waals surface area (Å²) in [7, 11) is -4.20. The second-order valence-electron chi connectivity index (χ2n) is 7.27. The molecule has 0 saturated carbocycles. The quantitative estimate of drug-likeness (QED) is 0.547. The maximum absolute atomic E-state index is 12.5. The molecule has 0 bridgehead atoms. The largest absolute Gasteiger partial charge is 0.492 e. The summed E-state index contributed by atoms with van der Waals surface area (Å²) in [6.45, 7) is 0.145. The molecule has 1 unspecified atom stereocenters. The van der Waals surface area contributed by atoms with E-state index in [9.17, 15) is 21.6 Å². The van der Waals surface area contributed by atoms with E-state index in [0.717, 1.165) is 14.9 Å². The summed E-state index contributed by atoms with van der Waals surface area (Å²) in [5.74, 6) is 0.292. The zero-order valence-electron chi connectivity index (χ0n) is 17.9. The molecule has 1 atom stereocenters. The third-order valence-corrected chi connectivity index (χ3v) is 7.68. The lowest BCUT2D eigenvalue weighted by atomic mass is 10.2. The summed E-state index contributed by atoms with van der Waals surface area (Å²) in [6.07, 6.45) is 0.0719. The molecule has 174 valence electrons. The molecule has 3 rings (SSSR count). The van der Waals surface area contributed by atoms with Crippen molar-refractivity contribution in [2.24, 2.45) is 0 Å². The highest BCUT2D eigenvalue weighted by Gasteiger charge is 2.34. The Balaban J connectivity index is 1.54. The number of hydrogen-bond acceptors (Lipinski definition) is 7. The molecule has 0 aromatic heterocycles. The zero-order valence-corrected chi connectivity index (χ0v) is 19.5. The summed E-state index contributed by atoms with van der Waals surface area (Å²) < 4.78 is 61.9. The molecule has 1 amide bonds. The van der Waals surface area contributed by atoms with Crippen LogP contribution in [0.15, 0.2) is 53.4 Å². The number of nitrogens with zero attached hydrogens (tertiary/aromatic N) is 2. The molecule has 0 fully saturated rings. The summed E-state index contributed by atoms with van der Waals surface area (Å²) in [4.78, 5) is 12.7. The Morgan fingerprint density at radius 2 is 1.78 bits per heavy atom. The third-order valence-electron chi connectivity index (χ3n) is 4.70. The fourth-order valence-electron chi connectivity index (χ4n) is 3.03. The molecule has 0 saturated heterocycles. The van der Waals surface area contributed by atoms with E-state index >= 15 is 0 Å². The van der Waals surface area contributed by atoms with Gasteiger partial charge in [0.15, 0.2) is 6.10 Å². The van der Waals surface area contributed by atoms with Crippen molar-refractivity contribution in [2.45, 2.75) is 11.0 Å². The fourth-order valence-corrected chi connectivity index (χ4v) is 4.84. The number of fused-ring (bicyclic) bond motifs is 1. The number of benzene rings is 2. The van der Waals surface area contributed by atoms with Crippen LogP contribution in [0.1, 0.15) is 0 Å². The number of sulfonamides is 2. The van der Waals surface area contributed by atoms with Gasteiger partial charge in [-0.3, -0.25) is 9.10 Å². The van der Waals surface area contributed by atoms with Crippen molar-refractivity contribution < 1.29 is 31.1 Å². The molecular formula is C20H25N3O7S2. The molecule has 1 aliphatic heterocycles. The van der Waals surface area contributed by atoms with E-state index in [0.29, 0.717) is 17.2 Å². The fraction of sp³-hybridized carbons (Fsp3) is 0.350. The minimum absolute atomic E-state index is 0.130. The van der Waals surface area contributed by atoms with Gasteiger partial charge in [0.1, 0.15) is 18.1 Å². The van der Waals surface area contributed by atoms with Crippen LogP contribution >= 0.6 is 0 Å². The van der Waals surface area contributed by atoms with Crippen LogP contribution < -0.4 is 19.1 Å². The first-order valence-corrected chi connectivity index (χ1v) is 13.0. The monoisotopic (exact) mass is 483 g/mol. The Morgan fingerprint density at radius 1 is 1.12 bits per heavy atom. The van der Waals surface area contributed by atoms with Crippen LogP contribution in [0, 0.1) is 0 Å². The predicted octanol–water partition coefficient (Wildman–Crippen LogP) is 0.659. The molecule has 2 aromatic carbocycles. The molecule has 1 aliphatic rings.